The molecule has 0 fully saturated rings. The molecule has 29 heavy (non-hydrogen) atoms. The van der Waals surface area contributed by atoms with Crippen molar-refractivity contribution in [2.24, 2.45) is 0 Å². The summed E-state index contributed by atoms with van der Waals surface area (Å²) >= 11 is 6.37. The summed E-state index contributed by atoms with van der Waals surface area (Å²) in [6.45, 7) is 4.00. The quantitative estimate of drug-likeness (QED) is 0.611. The monoisotopic (exact) mass is 403 g/mol. The molecule has 6 heteroatoms. The molecule has 2 N–H and O–H groups in total. The molecule has 1 atom stereocenters. The SMILES string of the molecule is Cc1ccc(N2C(=O)c3ccccc3N[C@]23C(=O)Nc2c(Cl)cccc23)cc1C. The summed E-state index contributed by atoms with van der Waals surface area (Å²) in [6, 6.07) is 18.3. The van der Waals surface area contributed by atoms with Crippen LogP contribution in [0.4, 0.5) is 17.1 Å². The van der Waals surface area contributed by atoms with Gasteiger partial charge in [0.25, 0.3) is 11.8 Å². The van der Waals surface area contributed by atoms with Gasteiger partial charge in [0.15, 0.2) is 0 Å². The van der Waals surface area contributed by atoms with E-state index in [4.69, 9.17) is 11.6 Å². The van der Waals surface area contributed by atoms with Crippen molar-refractivity contribution in [1.29, 1.82) is 0 Å². The summed E-state index contributed by atoms with van der Waals surface area (Å²) in [5.41, 5.74) is 3.63. The fraction of sp³-hybridized carbons (Fsp3) is 0.130. The lowest BCUT2D eigenvalue weighted by molar-refractivity contribution is -0.119. The van der Waals surface area contributed by atoms with Gasteiger partial charge in [0.2, 0.25) is 5.66 Å². The number of aryl methyl sites for hydroxylation is 2. The largest absolute Gasteiger partial charge is 0.350 e. The molecule has 0 saturated heterocycles. The second kappa shape index (κ2) is 6.09. The number of halogens is 1. The summed E-state index contributed by atoms with van der Waals surface area (Å²) in [5, 5.41) is 6.66. The van der Waals surface area contributed by atoms with Gasteiger partial charge in [-0.1, -0.05) is 41.9 Å². The van der Waals surface area contributed by atoms with Crippen molar-refractivity contribution in [3.05, 3.63) is 87.9 Å². The number of benzene rings is 3. The molecular weight excluding hydrogens is 386 g/mol. The third-order valence-electron chi connectivity index (χ3n) is 5.73. The Morgan fingerprint density at radius 2 is 1.72 bits per heavy atom. The molecule has 0 unspecified atom stereocenters. The number of nitrogens with one attached hydrogen (secondary N) is 2. The van der Waals surface area contributed by atoms with E-state index >= 15 is 0 Å². The van der Waals surface area contributed by atoms with Gasteiger partial charge in [0, 0.05) is 16.9 Å². The maximum Gasteiger partial charge on any atom is 0.276 e. The molecule has 0 radical (unpaired) electrons. The Hall–Kier alpha value is -3.31. The zero-order valence-corrected chi connectivity index (χ0v) is 16.7. The highest BCUT2D eigenvalue weighted by Crippen LogP contribution is 2.49. The van der Waals surface area contributed by atoms with Gasteiger partial charge in [-0.05, 0) is 55.3 Å². The maximum atomic E-state index is 13.7. The van der Waals surface area contributed by atoms with Crippen molar-refractivity contribution >= 4 is 40.5 Å². The zero-order valence-electron chi connectivity index (χ0n) is 15.9. The van der Waals surface area contributed by atoms with Gasteiger partial charge in [-0.15, -0.1) is 0 Å². The summed E-state index contributed by atoms with van der Waals surface area (Å²) in [7, 11) is 0. The first-order valence-corrected chi connectivity index (χ1v) is 9.71. The smallest absolute Gasteiger partial charge is 0.276 e. The van der Waals surface area contributed by atoms with Crippen LogP contribution in [0.2, 0.25) is 5.02 Å². The Bertz CT molecular complexity index is 1210. The summed E-state index contributed by atoms with van der Waals surface area (Å²) in [4.78, 5) is 28.7. The van der Waals surface area contributed by atoms with E-state index in [1.54, 1.807) is 23.1 Å². The second-order valence-corrected chi connectivity index (χ2v) is 7.81. The molecule has 144 valence electrons. The van der Waals surface area contributed by atoms with Crippen LogP contribution in [0.3, 0.4) is 0 Å². The van der Waals surface area contributed by atoms with Gasteiger partial charge in [0.05, 0.1) is 16.3 Å². The number of carbonyl (C=O) groups excluding carboxylic acids is 2. The topological polar surface area (TPSA) is 61.4 Å². The standard InChI is InChI=1S/C23H18ClN3O2/c1-13-10-11-15(12-14(13)2)27-21(28)16-6-3-4-9-19(16)26-23(27)17-7-5-8-18(24)20(17)25-22(23)29/h3-12,26H,1-2H3,(H,25,29)/t23-/m0/s1. The predicted octanol–water partition coefficient (Wildman–Crippen LogP) is 4.83. The third-order valence-corrected chi connectivity index (χ3v) is 6.05. The average molecular weight is 404 g/mol. The first-order valence-electron chi connectivity index (χ1n) is 9.33. The first kappa shape index (κ1) is 17.8. The highest BCUT2D eigenvalue weighted by atomic mass is 35.5. The summed E-state index contributed by atoms with van der Waals surface area (Å²) in [5.74, 6) is -0.591. The van der Waals surface area contributed by atoms with Gasteiger partial charge in [-0.25, -0.2) is 0 Å². The van der Waals surface area contributed by atoms with Gasteiger partial charge < -0.3 is 10.6 Å². The van der Waals surface area contributed by atoms with Crippen LogP contribution in [-0.2, 0) is 10.5 Å². The number of rotatable bonds is 1. The lowest BCUT2D eigenvalue weighted by atomic mass is 9.92. The highest BCUT2D eigenvalue weighted by molar-refractivity contribution is 6.35. The number of hydrogen-bond acceptors (Lipinski definition) is 3. The van der Waals surface area contributed by atoms with Crippen molar-refractivity contribution in [2.45, 2.75) is 19.5 Å². The van der Waals surface area contributed by atoms with Crippen LogP contribution in [0, 0.1) is 13.8 Å². The molecular formula is C23H18ClN3O2. The van der Waals surface area contributed by atoms with Crippen molar-refractivity contribution in [2.75, 3.05) is 15.5 Å². The van der Waals surface area contributed by atoms with E-state index < -0.39 is 5.66 Å². The highest BCUT2D eigenvalue weighted by Gasteiger charge is 2.57. The Balaban J connectivity index is 1.83. The van der Waals surface area contributed by atoms with E-state index in [-0.39, 0.29) is 11.8 Å². The second-order valence-electron chi connectivity index (χ2n) is 7.41. The Labute approximate surface area is 173 Å². The molecule has 0 bridgehead atoms. The Kier molecular flexibility index (Phi) is 3.73. The van der Waals surface area contributed by atoms with E-state index in [1.807, 2.05) is 56.3 Å². The molecule has 2 amide bonds. The fourth-order valence-corrected chi connectivity index (χ4v) is 4.32. The number of amides is 2. The Morgan fingerprint density at radius 1 is 0.931 bits per heavy atom. The molecule has 3 aromatic rings. The lowest BCUT2D eigenvalue weighted by Gasteiger charge is -2.44. The van der Waals surface area contributed by atoms with Crippen LogP contribution in [0.25, 0.3) is 0 Å². The van der Waals surface area contributed by atoms with Crippen molar-refractivity contribution in [3.8, 4) is 0 Å². The normalized spacial score (nSPS) is 19.6. The minimum absolute atomic E-state index is 0.245. The minimum atomic E-state index is -1.42. The van der Waals surface area contributed by atoms with Crippen LogP contribution >= 0.6 is 11.6 Å². The molecule has 3 aromatic carbocycles. The molecule has 2 heterocycles. The van der Waals surface area contributed by atoms with Crippen LogP contribution in [0.5, 0.6) is 0 Å². The number of carbonyl (C=O) groups is 2. The van der Waals surface area contributed by atoms with Crippen molar-refractivity contribution in [3.63, 3.8) is 0 Å². The molecule has 5 nitrogen and oxygen atoms in total. The van der Waals surface area contributed by atoms with Crippen LogP contribution in [-0.4, -0.2) is 11.8 Å². The minimum Gasteiger partial charge on any atom is -0.350 e. The van der Waals surface area contributed by atoms with E-state index in [0.29, 0.717) is 33.2 Å². The van der Waals surface area contributed by atoms with Crippen LogP contribution in [0.15, 0.2) is 60.7 Å². The van der Waals surface area contributed by atoms with Crippen molar-refractivity contribution in [1.82, 2.24) is 0 Å². The molecule has 0 aliphatic carbocycles. The number of nitrogens with zero attached hydrogens (tertiary/aromatic N) is 1. The number of para-hydroxylation sites is 2. The number of hydrogen-bond donors (Lipinski definition) is 2. The first-order chi connectivity index (χ1) is 13.9. The van der Waals surface area contributed by atoms with Crippen molar-refractivity contribution < 1.29 is 9.59 Å². The lowest BCUT2D eigenvalue weighted by Crippen LogP contribution is -2.61. The van der Waals surface area contributed by atoms with Gasteiger partial charge in [0.1, 0.15) is 0 Å². The molecule has 2 aliphatic rings. The zero-order chi connectivity index (χ0) is 20.3. The maximum absolute atomic E-state index is 13.7. The number of anilines is 3. The Morgan fingerprint density at radius 3 is 2.52 bits per heavy atom. The van der Waals surface area contributed by atoms with Gasteiger partial charge >= 0.3 is 0 Å². The van der Waals surface area contributed by atoms with E-state index in [0.717, 1.165) is 11.1 Å². The fourth-order valence-electron chi connectivity index (χ4n) is 4.10. The van der Waals surface area contributed by atoms with E-state index in [1.165, 1.54) is 0 Å². The summed E-state index contributed by atoms with van der Waals surface area (Å²) in [6.07, 6.45) is 0. The molecule has 5 rings (SSSR count). The molecule has 2 aliphatic heterocycles. The third kappa shape index (κ3) is 2.34. The van der Waals surface area contributed by atoms with Gasteiger partial charge in [-0.3, -0.25) is 14.5 Å². The van der Waals surface area contributed by atoms with Gasteiger partial charge in [-0.2, -0.15) is 0 Å². The average Bonchev–Trinajstić information content (AvgIpc) is 2.98. The molecule has 0 aromatic heterocycles. The molecule has 1 spiro atoms. The van der Waals surface area contributed by atoms with E-state index in [2.05, 4.69) is 10.6 Å². The van der Waals surface area contributed by atoms with Crippen LogP contribution in [0.1, 0.15) is 27.0 Å². The number of fused-ring (bicyclic) bond motifs is 3. The van der Waals surface area contributed by atoms with Crippen LogP contribution < -0.4 is 15.5 Å². The summed E-state index contributed by atoms with van der Waals surface area (Å²) < 4.78 is 0. The van der Waals surface area contributed by atoms with E-state index in [9.17, 15) is 9.59 Å². The molecule has 0 saturated carbocycles. The predicted molar refractivity (Wildman–Crippen MR) is 115 cm³/mol.